The molecule has 2 heteroatoms. The van der Waals surface area contributed by atoms with E-state index in [0.29, 0.717) is 12.1 Å². The third kappa shape index (κ3) is 2.37. The van der Waals surface area contributed by atoms with Gasteiger partial charge in [-0.3, -0.25) is 0 Å². The summed E-state index contributed by atoms with van der Waals surface area (Å²) in [4.78, 5) is 0. The van der Waals surface area contributed by atoms with Crippen LogP contribution < -0.4 is 5.73 Å². The molecule has 0 aromatic heterocycles. The Balaban J connectivity index is 3.15. The zero-order valence-corrected chi connectivity index (χ0v) is 9.97. The summed E-state index contributed by atoms with van der Waals surface area (Å²) < 4.78 is 14.6. The fourth-order valence-electron chi connectivity index (χ4n) is 1.42. The Labute approximate surface area is 91.5 Å². The highest BCUT2D eigenvalue weighted by Crippen LogP contribution is 2.42. The molecule has 0 amide bonds. The van der Waals surface area contributed by atoms with Crippen LogP contribution in [0.15, 0.2) is 24.3 Å². The largest absolute Gasteiger partial charge is 0.326 e. The molecule has 0 radical (unpaired) electrons. The van der Waals surface area contributed by atoms with Gasteiger partial charge in [-0.25, -0.2) is 4.39 Å². The number of nitrogens with two attached hydrogens (primary N) is 1. The van der Waals surface area contributed by atoms with Crippen molar-refractivity contribution in [2.75, 3.05) is 0 Å². The van der Waals surface area contributed by atoms with Crippen LogP contribution in [0.2, 0.25) is 0 Å². The average Bonchev–Trinajstić information content (AvgIpc) is 2.16. The molecule has 84 valence electrons. The number of rotatable bonds is 2. The van der Waals surface area contributed by atoms with Gasteiger partial charge in [-0.05, 0) is 23.5 Å². The highest BCUT2D eigenvalue weighted by molar-refractivity contribution is 5.29. The first-order valence-electron chi connectivity index (χ1n) is 5.27. The molecule has 15 heavy (non-hydrogen) atoms. The molecule has 0 bridgehead atoms. The topological polar surface area (TPSA) is 26.0 Å². The number of alkyl halides is 1. The number of halogens is 1. The van der Waals surface area contributed by atoms with Crippen LogP contribution in [0, 0.1) is 5.41 Å². The van der Waals surface area contributed by atoms with Crippen LogP contribution in [0.25, 0.3) is 0 Å². The van der Waals surface area contributed by atoms with Crippen LogP contribution in [0.3, 0.4) is 0 Å². The van der Waals surface area contributed by atoms with E-state index in [9.17, 15) is 4.39 Å². The van der Waals surface area contributed by atoms with Crippen molar-refractivity contribution in [1.82, 2.24) is 0 Å². The van der Waals surface area contributed by atoms with Crippen LogP contribution in [0.4, 0.5) is 4.39 Å². The normalized spacial score (nSPS) is 16.1. The predicted octanol–water partition coefficient (Wildman–Crippen LogP) is 3.38. The summed E-state index contributed by atoms with van der Waals surface area (Å²) in [5.41, 5.74) is 5.48. The van der Waals surface area contributed by atoms with Crippen molar-refractivity contribution in [1.29, 1.82) is 0 Å². The molecule has 0 aliphatic heterocycles. The Morgan fingerprint density at radius 2 is 1.80 bits per heavy atom. The summed E-state index contributed by atoms with van der Waals surface area (Å²) >= 11 is 0. The predicted molar refractivity (Wildman–Crippen MR) is 62.2 cm³/mol. The second-order valence-corrected chi connectivity index (χ2v) is 5.16. The summed E-state index contributed by atoms with van der Waals surface area (Å²) in [5.74, 6) is 0. The van der Waals surface area contributed by atoms with Crippen LogP contribution in [0.5, 0.6) is 0 Å². The number of hydrogen-bond donors (Lipinski definition) is 1. The van der Waals surface area contributed by atoms with Crippen LogP contribution in [-0.4, -0.2) is 0 Å². The lowest BCUT2D eigenvalue weighted by atomic mass is 9.75. The molecule has 0 aliphatic rings. The molecule has 0 spiro atoms. The van der Waals surface area contributed by atoms with Gasteiger partial charge in [0.2, 0.25) is 0 Å². The average molecular weight is 209 g/mol. The zero-order chi connectivity index (χ0) is 11.7. The van der Waals surface area contributed by atoms with E-state index < -0.39 is 11.1 Å². The van der Waals surface area contributed by atoms with E-state index in [1.165, 1.54) is 0 Å². The molecule has 2 N–H and O–H groups in total. The van der Waals surface area contributed by atoms with Crippen molar-refractivity contribution in [3.63, 3.8) is 0 Å². The summed E-state index contributed by atoms with van der Waals surface area (Å²) in [7, 11) is 0. The molecule has 1 rings (SSSR count). The van der Waals surface area contributed by atoms with Gasteiger partial charge in [0, 0.05) is 6.54 Å². The van der Waals surface area contributed by atoms with Gasteiger partial charge < -0.3 is 5.73 Å². The van der Waals surface area contributed by atoms with Gasteiger partial charge in [0.15, 0.2) is 0 Å². The SMILES string of the molecule is CC(C)(C)C(C)(F)c1cccc(CN)c1. The molecule has 1 aromatic carbocycles. The maximum absolute atomic E-state index is 14.6. The highest BCUT2D eigenvalue weighted by atomic mass is 19.1. The Hall–Kier alpha value is -0.890. The molecule has 1 nitrogen and oxygen atoms in total. The first-order valence-corrected chi connectivity index (χ1v) is 5.27. The third-order valence-electron chi connectivity index (χ3n) is 3.11. The molecular formula is C13H20FN. The summed E-state index contributed by atoms with van der Waals surface area (Å²) in [6.07, 6.45) is 0. The monoisotopic (exact) mass is 209 g/mol. The van der Waals surface area contributed by atoms with Crippen molar-refractivity contribution in [2.24, 2.45) is 11.1 Å². The molecule has 1 unspecified atom stereocenters. The van der Waals surface area contributed by atoms with E-state index in [0.717, 1.165) is 5.56 Å². The lowest BCUT2D eigenvalue weighted by molar-refractivity contribution is 0.0452. The summed E-state index contributed by atoms with van der Waals surface area (Å²) in [6.45, 7) is 7.79. The fourth-order valence-corrected chi connectivity index (χ4v) is 1.42. The summed E-state index contributed by atoms with van der Waals surface area (Å²) in [6, 6.07) is 7.46. The number of hydrogen-bond acceptors (Lipinski definition) is 1. The van der Waals surface area contributed by atoms with Gasteiger partial charge >= 0.3 is 0 Å². The zero-order valence-electron chi connectivity index (χ0n) is 9.97. The van der Waals surface area contributed by atoms with E-state index in [2.05, 4.69) is 0 Å². The highest BCUT2D eigenvalue weighted by Gasteiger charge is 2.39. The van der Waals surface area contributed by atoms with Crippen molar-refractivity contribution >= 4 is 0 Å². The Bertz CT molecular complexity index is 337. The maximum atomic E-state index is 14.6. The van der Waals surface area contributed by atoms with E-state index in [1.807, 2.05) is 45.0 Å². The van der Waals surface area contributed by atoms with E-state index >= 15 is 0 Å². The first kappa shape index (κ1) is 12.2. The second kappa shape index (κ2) is 3.93. The molecule has 0 aliphatic carbocycles. The minimum atomic E-state index is -1.34. The van der Waals surface area contributed by atoms with E-state index in [-0.39, 0.29) is 0 Å². The molecular weight excluding hydrogens is 189 g/mol. The Morgan fingerprint density at radius 1 is 1.20 bits per heavy atom. The molecule has 0 saturated heterocycles. The minimum Gasteiger partial charge on any atom is -0.326 e. The van der Waals surface area contributed by atoms with Gasteiger partial charge in [-0.15, -0.1) is 0 Å². The number of benzene rings is 1. The van der Waals surface area contributed by atoms with Gasteiger partial charge in [0.1, 0.15) is 5.67 Å². The second-order valence-electron chi connectivity index (χ2n) is 5.16. The van der Waals surface area contributed by atoms with Crippen molar-refractivity contribution < 1.29 is 4.39 Å². The van der Waals surface area contributed by atoms with Crippen molar-refractivity contribution in [2.45, 2.75) is 39.9 Å². The minimum absolute atomic E-state index is 0.416. The lowest BCUT2D eigenvalue weighted by Gasteiger charge is -2.35. The molecule has 1 atom stereocenters. The van der Waals surface area contributed by atoms with Crippen molar-refractivity contribution in [3.05, 3.63) is 35.4 Å². The van der Waals surface area contributed by atoms with Crippen LogP contribution in [0.1, 0.15) is 38.8 Å². The van der Waals surface area contributed by atoms with E-state index in [1.54, 1.807) is 6.92 Å². The van der Waals surface area contributed by atoms with Gasteiger partial charge in [0.05, 0.1) is 0 Å². The lowest BCUT2D eigenvalue weighted by Crippen LogP contribution is -2.32. The van der Waals surface area contributed by atoms with E-state index in [4.69, 9.17) is 5.73 Å². The van der Waals surface area contributed by atoms with Crippen LogP contribution in [-0.2, 0) is 12.2 Å². The van der Waals surface area contributed by atoms with Crippen molar-refractivity contribution in [3.8, 4) is 0 Å². The van der Waals surface area contributed by atoms with Gasteiger partial charge in [-0.1, -0.05) is 45.0 Å². The fraction of sp³-hybridized carbons (Fsp3) is 0.538. The Morgan fingerprint density at radius 3 is 2.27 bits per heavy atom. The molecule has 0 fully saturated rings. The standard InChI is InChI=1S/C13H20FN/c1-12(2,3)13(4,14)11-7-5-6-10(8-11)9-15/h5-8H,9,15H2,1-4H3. The smallest absolute Gasteiger partial charge is 0.138 e. The molecule has 1 aromatic rings. The summed E-state index contributed by atoms with van der Waals surface area (Å²) in [5, 5.41) is 0. The third-order valence-corrected chi connectivity index (χ3v) is 3.11. The van der Waals surface area contributed by atoms with Gasteiger partial charge in [-0.2, -0.15) is 0 Å². The molecule has 0 saturated carbocycles. The van der Waals surface area contributed by atoms with Gasteiger partial charge in [0.25, 0.3) is 0 Å². The Kier molecular flexibility index (Phi) is 3.19. The quantitative estimate of drug-likeness (QED) is 0.794. The molecule has 0 heterocycles. The first-order chi connectivity index (χ1) is 6.79. The van der Waals surface area contributed by atoms with Crippen LogP contribution >= 0.6 is 0 Å². The maximum Gasteiger partial charge on any atom is 0.138 e.